The van der Waals surface area contributed by atoms with Gasteiger partial charge in [0.15, 0.2) is 6.10 Å². The lowest BCUT2D eigenvalue weighted by Crippen LogP contribution is -2.46. The fourth-order valence-corrected chi connectivity index (χ4v) is 4.37. The summed E-state index contributed by atoms with van der Waals surface area (Å²) in [5.41, 5.74) is 3.19. The summed E-state index contributed by atoms with van der Waals surface area (Å²) in [5, 5.41) is 0. The molecule has 168 valence electrons. The van der Waals surface area contributed by atoms with Crippen molar-refractivity contribution in [3.8, 4) is 5.75 Å². The van der Waals surface area contributed by atoms with Crippen LogP contribution in [0.15, 0.2) is 30.3 Å². The molecule has 0 saturated heterocycles. The molecule has 1 aliphatic carbocycles. The number of carbonyl (C=O) groups is 2. The van der Waals surface area contributed by atoms with Crippen LogP contribution in [-0.4, -0.2) is 40.5 Å². The van der Waals surface area contributed by atoms with Crippen molar-refractivity contribution in [1.82, 2.24) is 9.88 Å². The second kappa shape index (κ2) is 10.5. The number of aromatic amines is 1. The monoisotopic (exact) mass is 426 g/mol. The number of carbonyl (C=O) groups excluding carboxylic acids is 2. The lowest BCUT2D eigenvalue weighted by Gasteiger charge is -2.36. The minimum absolute atomic E-state index is 0.0200. The smallest absolute Gasteiger partial charge is 0.355 e. The molecule has 2 aromatic rings. The number of hydrogen-bond donors (Lipinski definition) is 1. The van der Waals surface area contributed by atoms with Gasteiger partial charge in [0, 0.05) is 18.3 Å². The SMILES string of the molecule is CCOC(=O)c1[nH]c(C)c(CN(C(=O)[C@H](C)Oc2ccccc2)C2CCCCC2)c1C. The highest BCUT2D eigenvalue weighted by Gasteiger charge is 2.31. The summed E-state index contributed by atoms with van der Waals surface area (Å²) < 4.78 is 11.1. The zero-order valence-corrected chi connectivity index (χ0v) is 19.1. The van der Waals surface area contributed by atoms with E-state index in [0.29, 0.717) is 24.6 Å². The van der Waals surface area contributed by atoms with Crippen molar-refractivity contribution in [3.05, 3.63) is 52.8 Å². The van der Waals surface area contributed by atoms with Gasteiger partial charge in [-0.25, -0.2) is 4.79 Å². The predicted octanol–water partition coefficient (Wildman–Crippen LogP) is 4.94. The third kappa shape index (κ3) is 5.49. The molecule has 0 unspecified atom stereocenters. The van der Waals surface area contributed by atoms with E-state index in [0.717, 1.165) is 42.5 Å². The van der Waals surface area contributed by atoms with E-state index in [2.05, 4.69) is 4.98 Å². The molecule has 1 saturated carbocycles. The highest BCUT2D eigenvalue weighted by Crippen LogP contribution is 2.28. The van der Waals surface area contributed by atoms with Gasteiger partial charge in [0.05, 0.1) is 6.61 Å². The molecule has 1 aromatic carbocycles. The maximum atomic E-state index is 13.5. The Morgan fingerprint density at radius 3 is 2.45 bits per heavy atom. The predicted molar refractivity (Wildman–Crippen MR) is 120 cm³/mol. The van der Waals surface area contributed by atoms with Crippen molar-refractivity contribution >= 4 is 11.9 Å². The summed E-state index contributed by atoms with van der Waals surface area (Å²) in [5.74, 6) is 0.310. The molecular formula is C25H34N2O4. The number of aryl methyl sites for hydroxylation is 1. The largest absolute Gasteiger partial charge is 0.481 e. The Morgan fingerprint density at radius 1 is 1.13 bits per heavy atom. The van der Waals surface area contributed by atoms with Crippen LogP contribution >= 0.6 is 0 Å². The number of rotatable bonds is 8. The van der Waals surface area contributed by atoms with Crippen LogP contribution in [-0.2, 0) is 16.1 Å². The van der Waals surface area contributed by atoms with Gasteiger partial charge in [-0.15, -0.1) is 0 Å². The highest BCUT2D eigenvalue weighted by atomic mass is 16.5. The van der Waals surface area contributed by atoms with E-state index >= 15 is 0 Å². The van der Waals surface area contributed by atoms with E-state index in [1.807, 2.05) is 56.0 Å². The number of para-hydroxylation sites is 1. The highest BCUT2D eigenvalue weighted by molar-refractivity contribution is 5.90. The van der Waals surface area contributed by atoms with Crippen molar-refractivity contribution < 1.29 is 19.1 Å². The van der Waals surface area contributed by atoms with E-state index in [9.17, 15) is 9.59 Å². The van der Waals surface area contributed by atoms with E-state index in [1.54, 1.807) is 6.92 Å². The molecule has 1 fully saturated rings. The maximum absolute atomic E-state index is 13.5. The number of H-pyrrole nitrogens is 1. The van der Waals surface area contributed by atoms with Crippen molar-refractivity contribution in [3.63, 3.8) is 0 Å². The van der Waals surface area contributed by atoms with Gasteiger partial charge in [-0.2, -0.15) is 0 Å². The van der Waals surface area contributed by atoms with Gasteiger partial charge in [-0.05, 0) is 63.8 Å². The summed E-state index contributed by atoms with van der Waals surface area (Å²) in [6, 6.07) is 9.63. The molecule has 6 nitrogen and oxygen atoms in total. The number of aromatic nitrogens is 1. The Kier molecular flexibility index (Phi) is 7.77. The molecule has 3 rings (SSSR count). The number of esters is 1. The zero-order valence-electron chi connectivity index (χ0n) is 19.1. The quantitative estimate of drug-likeness (QED) is 0.607. The minimum Gasteiger partial charge on any atom is -0.481 e. The first-order chi connectivity index (χ1) is 14.9. The summed E-state index contributed by atoms with van der Waals surface area (Å²) in [6.07, 6.45) is 4.87. The Labute approximate surface area is 184 Å². The second-order valence-electron chi connectivity index (χ2n) is 8.28. The van der Waals surface area contributed by atoms with Gasteiger partial charge < -0.3 is 19.4 Å². The third-order valence-corrected chi connectivity index (χ3v) is 6.10. The summed E-state index contributed by atoms with van der Waals surface area (Å²) in [7, 11) is 0. The molecule has 1 amide bonds. The fourth-order valence-electron chi connectivity index (χ4n) is 4.37. The average molecular weight is 427 g/mol. The summed E-state index contributed by atoms with van der Waals surface area (Å²) >= 11 is 0. The van der Waals surface area contributed by atoms with Crippen LogP contribution in [0.1, 0.15) is 73.3 Å². The first kappa shape index (κ1) is 22.9. The number of nitrogens with one attached hydrogen (secondary N) is 1. The lowest BCUT2D eigenvalue weighted by atomic mass is 9.93. The molecule has 1 heterocycles. The summed E-state index contributed by atoms with van der Waals surface area (Å²) in [4.78, 5) is 31.0. The first-order valence-electron chi connectivity index (χ1n) is 11.3. The molecule has 1 aromatic heterocycles. The third-order valence-electron chi connectivity index (χ3n) is 6.10. The number of amides is 1. The van der Waals surface area contributed by atoms with Crippen molar-refractivity contribution in [1.29, 1.82) is 0 Å². The number of benzene rings is 1. The molecule has 0 radical (unpaired) electrons. The summed E-state index contributed by atoms with van der Waals surface area (Å²) in [6.45, 7) is 8.25. The molecule has 31 heavy (non-hydrogen) atoms. The second-order valence-corrected chi connectivity index (χ2v) is 8.28. The Morgan fingerprint density at radius 2 is 1.81 bits per heavy atom. The molecule has 1 atom stereocenters. The molecule has 1 N–H and O–H groups in total. The number of hydrogen-bond acceptors (Lipinski definition) is 4. The molecule has 1 aliphatic rings. The van der Waals surface area contributed by atoms with Crippen molar-refractivity contribution in [2.45, 2.75) is 78.5 Å². The standard InChI is InChI=1S/C25H34N2O4/c1-5-30-25(29)23-17(2)22(18(3)26-23)16-27(20-12-8-6-9-13-20)24(28)19(4)31-21-14-10-7-11-15-21/h7,10-11,14-15,19-20,26H,5-6,8-9,12-13,16H2,1-4H3/t19-/m0/s1. The molecule has 0 aliphatic heterocycles. The van der Waals surface area contributed by atoms with Gasteiger partial charge in [-0.3, -0.25) is 4.79 Å². The van der Waals surface area contributed by atoms with Crippen LogP contribution in [0.3, 0.4) is 0 Å². The van der Waals surface area contributed by atoms with Crippen LogP contribution in [0, 0.1) is 13.8 Å². The van der Waals surface area contributed by atoms with Gasteiger partial charge in [0.25, 0.3) is 5.91 Å². The number of nitrogens with zero attached hydrogens (tertiary/aromatic N) is 1. The average Bonchev–Trinajstić information content (AvgIpc) is 3.06. The maximum Gasteiger partial charge on any atom is 0.355 e. The van der Waals surface area contributed by atoms with Crippen LogP contribution in [0.2, 0.25) is 0 Å². The van der Waals surface area contributed by atoms with Crippen LogP contribution in [0.4, 0.5) is 0 Å². The van der Waals surface area contributed by atoms with E-state index in [1.165, 1.54) is 6.42 Å². The van der Waals surface area contributed by atoms with Crippen LogP contribution in [0.5, 0.6) is 5.75 Å². The fraction of sp³-hybridized carbons (Fsp3) is 0.520. The molecular weight excluding hydrogens is 392 g/mol. The van der Waals surface area contributed by atoms with E-state index in [-0.39, 0.29) is 17.9 Å². The van der Waals surface area contributed by atoms with Crippen molar-refractivity contribution in [2.24, 2.45) is 0 Å². The Balaban J connectivity index is 1.84. The van der Waals surface area contributed by atoms with E-state index < -0.39 is 6.10 Å². The van der Waals surface area contributed by atoms with Gasteiger partial charge in [0.2, 0.25) is 0 Å². The molecule has 6 heteroatoms. The zero-order chi connectivity index (χ0) is 22.4. The van der Waals surface area contributed by atoms with Gasteiger partial charge in [0.1, 0.15) is 11.4 Å². The Hall–Kier alpha value is -2.76. The van der Waals surface area contributed by atoms with E-state index in [4.69, 9.17) is 9.47 Å². The van der Waals surface area contributed by atoms with Gasteiger partial charge in [-0.1, -0.05) is 37.5 Å². The van der Waals surface area contributed by atoms with Gasteiger partial charge >= 0.3 is 5.97 Å². The normalized spacial score (nSPS) is 15.4. The van der Waals surface area contributed by atoms with Crippen molar-refractivity contribution in [2.75, 3.05) is 6.61 Å². The topological polar surface area (TPSA) is 71.6 Å². The van der Waals surface area contributed by atoms with Crippen LogP contribution < -0.4 is 4.74 Å². The first-order valence-corrected chi connectivity index (χ1v) is 11.3. The minimum atomic E-state index is -0.589. The van der Waals surface area contributed by atoms with Crippen LogP contribution in [0.25, 0.3) is 0 Å². The molecule has 0 spiro atoms. The Bertz CT molecular complexity index is 884. The molecule has 0 bridgehead atoms. The lowest BCUT2D eigenvalue weighted by molar-refractivity contribution is -0.141. The number of ether oxygens (including phenoxy) is 2.